The van der Waals surface area contributed by atoms with E-state index in [4.69, 9.17) is 18.9 Å². The van der Waals surface area contributed by atoms with Gasteiger partial charge in [-0.05, 0) is 35.4 Å². The van der Waals surface area contributed by atoms with Gasteiger partial charge in [-0.2, -0.15) is 0 Å². The first-order valence-electron chi connectivity index (χ1n) is 11.8. The number of benzene rings is 4. The first kappa shape index (κ1) is 26.1. The Morgan fingerprint density at radius 3 is 1.29 bits per heavy atom. The molecule has 194 valence electrons. The van der Waals surface area contributed by atoms with Crippen LogP contribution < -0.4 is 18.9 Å². The van der Waals surface area contributed by atoms with Gasteiger partial charge in [-0.15, -0.1) is 0 Å². The van der Waals surface area contributed by atoms with Crippen LogP contribution >= 0.6 is 0 Å². The Hall–Kier alpha value is -4.98. The highest BCUT2D eigenvalue weighted by Gasteiger charge is 2.15. The first-order valence-corrected chi connectivity index (χ1v) is 11.8. The minimum atomic E-state index is -1.15. The van der Waals surface area contributed by atoms with Gasteiger partial charge < -0.3 is 29.2 Å². The predicted octanol–water partition coefficient (Wildman–Crippen LogP) is 5.70. The molecule has 8 heteroatoms. The second-order valence-electron chi connectivity index (χ2n) is 8.17. The van der Waals surface area contributed by atoms with Crippen LogP contribution in [0.3, 0.4) is 0 Å². The van der Waals surface area contributed by atoms with Crippen molar-refractivity contribution in [2.75, 3.05) is 13.2 Å². The van der Waals surface area contributed by atoms with E-state index < -0.39 is 11.9 Å². The third kappa shape index (κ3) is 7.27. The van der Waals surface area contributed by atoms with Crippen molar-refractivity contribution in [1.29, 1.82) is 0 Å². The topological polar surface area (TPSA) is 112 Å². The highest BCUT2D eigenvalue weighted by Crippen LogP contribution is 2.28. The highest BCUT2D eigenvalue weighted by atomic mass is 16.5. The summed E-state index contributed by atoms with van der Waals surface area (Å²) in [7, 11) is 0. The lowest BCUT2D eigenvalue weighted by Crippen LogP contribution is -2.13. The van der Waals surface area contributed by atoms with Gasteiger partial charge in [0.1, 0.15) is 60.6 Å². The molecule has 38 heavy (non-hydrogen) atoms. The van der Waals surface area contributed by atoms with Crippen LogP contribution in [-0.4, -0.2) is 35.4 Å². The van der Waals surface area contributed by atoms with Crippen molar-refractivity contribution in [1.82, 2.24) is 0 Å². The van der Waals surface area contributed by atoms with Crippen molar-refractivity contribution >= 4 is 11.9 Å². The van der Waals surface area contributed by atoms with E-state index in [2.05, 4.69) is 0 Å². The summed E-state index contributed by atoms with van der Waals surface area (Å²) in [4.78, 5) is 23.3. The van der Waals surface area contributed by atoms with Gasteiger partial charge in [0.2, 0.25) is 0 Å². The Morgan fingerprint density at radius 1 is 0.526 bits per heavy atom. The van der Waals surface area contributed by atoms with Crippen molar-refractivity contribution in [3.63, 3.8) is 0 Å². The molecule has 0 heterocycles. The number of carboxylic acids is 2. The molecule has 0 saturated heterocycles. The highest BCUT2D eigenvalue weighted by molar-refractivity contribution is 5.91. The van der Waals surface area contributed by atoms with Gasteiger partial charge in [0, 0.05) is 12.1 Å². The average Bonchev–Trinajstić information content (AvgIpc) is 2.94. The summed E-state index contributed by atoms with van der Waals surface area (Å²) < 4.78 is 22.9. The van der Waals surface area contributed by atoms with E-state index in [0.29, 0.717) is 24.7 Å². The number of aromatic carboxylic acids is 2. The van der Waals surface area contributed by atoms with E-state index in [1.165, 1.54) is 24.3 Å². The zero-order valence-corrected chi connectivity index (χ0v) is 20.4. The molecule has 0 saturated carbocycles. The maximum absolute atomic E-state index is 11.7. The number of ether oxygens (including phenoxy) is 4. The Bertz CT molecular complexity index is 1260. The van der Waals surface area contributed by atoms with Gasteiger partial charge in [-0.3, -0.25) is 0 Å². The molecule has 0 aliphatic heterocycles. The Morgan fingerprint density at radius 2 is 0.921 bits per heavy atom. The standard InChI is InChI=1S/C30H26O8/c31-29(32)25-13-11-23(37-19-21-7-3-1-4-8-21)17-27(25)35-15-16-36-28-18-24(12-14-26(28)30(33)34)38-20-22-9-5-2-6-10-22/h1-14,17-18H,15-16,19-20H2,(H,31,32)(H,33,34). The van der Waals surface area contributed by atoms with Gasteiger partial charge in [0.05, 0.1) is 0 Å². The van der Waals surface area contributed by atoms with Crippen LogP contribution in [0.15, 0.2) is 97.1 Å². The van der Waals surface area contributed by atoms with Crippen molar-refractivity contribution in [2.45, 2.75) is 13.2 Å². The van der Waals surface area contributed by atoms with Crippen molar-refractivity contribution in [3.8, 4) is 23.0 Å². The molecule has 0 unspecified atom stereocenters. The number of rotatable bonds is 13. The van der Waals surface area contributed by atoms with Crippen LogP contribution in [0.1, 0.15) is 31.8 Å². The summed E-state index contributed by atoms with van der Waals surface area (Å²) in [5, 5.41) is 19.1. The average molecular weight is 515 g/mol. The van der Waals surface area contributed by atoms with Gasteiger partial charge in [0.25, 0.3) is 0 Å². The van der Waals surface area contributed by atoms with Crippen molar-refractivity contribution in [2.24, 2.45) is 0 Å². The van der Waals surface area contributed by atoms with E-state index >= 15 is 0 Å². The molecule has 8 nitrogen and oxygen atoms in total. The molecular weight excluding hydrogens is 488 g/mol. The number of carboxylic acid groups (broad SMARTS) is 2. The van der Waals surface area contributed by atoms with Gasteiger partial charge in [-0.1, -0.05) is 60.7 Å². The second-order valence-corrected chi connectivity index (χ2v) is 8.17. The minimum absolute atomic E-state index is 0.0282. The van der Waals surface area contributed by atoms with Gasteiger partial charge >= 0.3 is 11.9 Å². The molecule has 4 aromatic rings. The van der Waals surface area contributed by atoms with Crippen LogP contribution in [-0.2, 0) is 13.2 Å². The zero-order chi connectivity index (χ0) is 26.7. The quantitative estimate of drug-likeness (QED) is 0.219. The fourth-order valence-electron chi connectivity index (χ4n) is 3.56. The fraction of sp³-hybridized carbons (Fsp3) is 0.133. The molecular formula is C30H26O8. The SMILES string of the molecule is O=C(O)c1ccc(OCc2ccccc2)cc1OCCOc1cc(OCc2ccccc2)ccc1C(=O)O. The van der Waals surface area contributed by atoms with E-state index in [1.54, 1.807) is 12.1 Å². The summed E-state index contributed by atoms with van der Waals surface area (Å²) in [6.07, 6.45) is 0. The Kier molecular flexibility index (Phi) is 8.80. The predicted molar refractivity (Wildman–Crippen MR) is 139 cm³/mol. The summed E-state index contributed by atoms with van der Waals surface area (Å²) in [6.45, 7) is 0.570. The smallest absolute Gasteiger partial charge is 0.339 e. The van der Waals surface area contributed by atoms with E-state index in [1.807, 2.05) is 60.7 Å². The monoisotopic (exact) mass is 514 g/mol. The number of carbonyl (C=O) groups is 2. The van der Waals surface area contributed by atoms with Gasteiger partial charge in [0.15, 0.2) is 0 Å². The van der Waals surface area contributed by atoms with Crippen molar-refractivity contribution in [3.05, 3.63) is 119 Å². The maximum Gasteiger partial charge on any atom is 0.339 e. The molecule has 0 aromatic heterocycles. The first-order chi connectivity index (χ1) is 18.5. The molecule has 0 fully saturated rings. The molecule has 0 aliphatic rings. The van der Waals surface area contributed by atoms with Crippen LogP contribution in [0.4, 0.5) is 0 Å². The summed E-state index contributed by atoms with van der Waals surface area (Å²) >= 11 is 0. The fourth-order valence-corrected chi connectivity index (χ4v) is 3.56. The normalized spacial score (nSPS) is 10.4. The molecule has 0 bridgehead atoms. The molecule has 0 atom stereocenters. The summed E-state index contributed by atoms with van der Waals surface area (Å²) in [5.74, 6) is -1.16. The van der Waals surface area contributed by atoms with E-state index in [0.717, 1.165) is 11.1 Å². The Balaban J connectivity index is 1.38. The summed E-state index contributed by atoms with van der Waals surface area (Å²) in [6, 6.07) is 28.1. The van der Waals surface area contributed by atoms with Gasteiger partial charge in [-0.25, -0.2) is 9.59 Å². The van der Waals surface area contributed by atoms with Crippen LogP contribution in [0.2, 0.25) is 0 Å². The van der Waals surface area contributed by atoms with Crippen LogP contribution in [0, 0.1) is 0 Å². The maximum atomic E-state index is 11.7. The lowest BCUT2D eigenvalue weighted by Gasteiger charge is -2.14. The Labute approximate surface area is 219 Å². The van der Waals surface area contributed by atoms with Crippen LogP contribution in [0.25, 0.3) is 0 Å². The van der Waals surface area contributed by atoms with E-state index in [-0.39, 0.29) is 35.8 Å². The zero-order valence-electron chi connectivity index (χ0n) is 20.4. The molecule has 0 spiro atoms. The molecule has 4 rings (SSSR count). The van der Waals surface area contributed by atoms with Crippen LogP contribution in [0.5, 0.6) is 23.0 Å². The lowest BCUT2D eigenvalue weighted by molar-refractivity contribution is 0.0676. The molecule has 0 aliphatic carbocycles. The third-order valence-electron chi connectivity index (χ3n) is 5.46. The third-order valence-corrected chi connectivity index (χ3v) is 5.46. The number of hydrogen-bond donors (Lipinski definition) is 2. The number of hydrogen-bond acceptors (Lipinski definition) is 6. The van der Waals surface area contributed by atoms with Crippen molar-refractivity contribution < 1.29 is 38.7 Å². The lowest BCUT2D eigenvalue weighted by atomic mass is 10.2. The molecule has 4 aromatic carbocycles. The summed E-state index contributed by atoms with van der Waals surface area (Å²) in [5.41, 5.74) is 1.88. The molecule has 0 amide bonds. The van der Waals surface area contributed by atoms with E-state index in [9.17, 15) is 19.8 Å². The largest absolute Gasteiger partial charge is 0.489 e. The second kappa shape index (κ2) is 12.8. The minimum Gasteiger partial charge on any atom is -0.489 e. The molecule has 2 N–H and O–H groups in total. The molecule has 0 radical (unpaired) electrons.